The minimum absolute atomic E-state index is 0.0324. The monoisotopic (exact) mass is 318 g/mol. The number of nitrogens with zero attached hydrogens (tertiary/aromatic N) is 4. The molecule has 0 bridgehead atoms. The minimum atomic E-state index is 0.0324. The molecule has 0 saturated carbocycles. The van der Waals surface area contributed by atoms with Crippen LogP contribution in [0.15, 0.2) is 23.0 Å². The molecular formula is C15H18N4O2S. The number of amides is 1. The van der Waals surface area contributed by atoms with E-state index in [1.54, 1.807) is 10.9 Å². The van der Waals surface area contributed by atoms with Crippen molar-refractivity contribution in [3.05, 3.63) is 34.4 Å². The fourth-order valence-electron chi connectivity index (χ4n) is 2.45. The fraction of sp³-hybridized carbons (Fsp3) is 0.467. The van der Waals surface area contributed by atoms with Gasteiger partial charge in [-0.25, -0.2) is 4.98 Å². The van der Waals surface area contributed by atoms with Crippen molar-refractivity contribution >= 4 is 17.2 Å². The first kappa shape index (κ1) is 14.9. The first-order valence-electron chi connectivity index (χ1n) is 7.33. The Labute approximate surface area is 133 Å². The van der Waals surface area contributed by atoms with E-state index >= 15 is 0 Å². The highest BCUT2D eigenvalue weighted by Gasteiger charge is 2.24. The van der Waals surface area contributed by atoms with Crippen molar-refractivity contribution in [2.24, 2.45) is 5.92 Å². The van der Waals surface area contributed by atoms with Crippen molar-refractivity contribution in [2.45, 2.75) is 19.8 Å². The summed E-state index contributed by atoms with van der Waals surface area (Å²) in [6, 6.07) is 3.72. The van der Waals surface area contributed by atoms with E-state index in [1.165, 1.54) is 11.3 Å². The summed E-state index contributed by atoms with van der Waals surface area (Å²) in [5.41, 5.74) is 3.12. The topological polar surface area (TPSA) is 68.2 Å². The molecule has 0 atom stereocenters. The number of piperidine rings is 1. The normalized spacial score (nSPS) is 15.8. The van der Waals surface area contributed by atoms with Gasteiger partial charge in [0, 0.05) is 24.5 Å². The molecule has 6 nitrogen and oxygen atoms in total. The number of hydrogen-bond acceptors (Lipinski definition) is 6. The lowest BCUT2D eigenvalue weighted by Crippen LogP contribution is -2.39. The number of likely N-dealkylation sites (tertiary alicyclic amines) is 1. The summed E-state index contributed by atoms with van der Waals surface area (Å²) >= 11 is 1.45. The number of ether oxygens (including phenoxy) is 1. The van der Waals surface area contributed by atoms with Crippen LogP contribution in [-0.4, -0.2) is 45.7 Å². The summed E-state index contributed by atoms with van der Waals surface area (Å²) in [5, 5.41) is 9.77. The van der Waals surface area contributed by atoms with Crippen LogP contribution in [0.25, 0.3) is 0 Å². The molecule has 0 N–H and O–H groups in total. The predicted octanol–water partition coefficient (Wildman–Crippen LogP) is 2.17. The van der Waals surface area contributed by atoms with Gasteiger partial charge in [-0.05, 0) is 31.7 Å². The lowest BCUT2D eigenvalue weighted by atomic mass is 9.97. The van der Waals surface area contributed by atoms with Crippen LogP contribution in [0.4, 0.5) is 0 Å². The quantitative estimate of drug-likeness (QED) is 0.864. The summed E-state index contributed by atoms with van der Waals surface area (Å²) in [4.78, 5) is 18.2. The Morgan fingerprint density at radius 3 is 2.82 bits per heavy atom. The van der Waals surface area contributed by atoms with E-state index in [9.17, 15) is 4.79 Å². The van der Waals surface area contributed by atoms with Gasteiger partial charge in [-0.3, -0.25) is 4.79 Å². The number of aryl methyl sites for hydroxylation is 1. The highest BCUT2D eigenvalue weighted by Crippen LogP contribution is 2.20. The molecule has 3 rings (SSSR count). The lowest BCUT2D eigenvalue weighted by Gasteiger charge is -2.31. The molecule has 0 unspecified atom stereocenters. The zero-order valence-electron chi connectivity index (χ0n) is 12.4. The van der Waals surface area contributed by atoms with E-state index in [4.69, 9.17) is 4.74 Å². The van der Waals surface area contributed by atoms with Gasteiger partial charge >= 0.3 is 0 Å². The zero-order valence-corrected chi connectivity index (χ0v) is 13.3. The second kappa shape index (κ2) is 6.83. The third-order valence-electron chi connectivity index (χ3n) is 3.79. The molecule has 1 saturated heterocycles. The van der Waals surface area contributed by atoms with Crippen LogP contribution in [0.5, 0.6) is 5.88 Å². The van der Waals surface area contributed by atoms with E-state index in [0.717, 1.165) is 31.6 Å². The maximum Gasteiger partial charge on any atom is 0.273 e. The van der Waals surface area contributed by atoms with Crippen molar-refractivity contribution in [1.29, 1.82) is 0 Å². The Morgan fingerprint density at radius 2 is 2.18 bits per heavy atom. The van der Waals surface area contributed by atoms with Gasteiger partial charge in [0.2, 0.25) is 5.88 Å². The fourth-order valence-corrected chi connectivity index (χ4v) is 2.98. The molecule has 22 heavy (non-hydrogen) atoms. The molecule has 0 radical (unpaired) electrons. The predicted molar refractivity (Wildman–Crippen MR) is 83.0 cm³/mol. The number of thiazole rings is 1. The van der Waals surface area contributed by atoms with Gasteiger partial charge < -0.3 is 9.64 Å². The molecule has 0 spiro atoms. The van der Waals surface area contributed by atoms with Gasteiger partial charge in [0.25, 0.3) is 5.91 Å². The highest BCUT2D eigenvalue weighted by molar-refractivity contribution is 7.07. The largest absolute Gasteiger partial charge is 0.476 e. The SMILES string of the molecule is Cc1ccc(OCC2CCN(C(=O)c3cscn3)CC2)nn1. The summed E-state index contributed by atoms with van der Waals surface area (Å²) < 4.78 is 5.68. The van der Waals surface area contributed by atoms with E-state index in [0.29, 0.717) is 24.1 Å². The minimum Gasteiger partial charge on any atom is -0.476 e. The first-order valence-corrected chi connectivity index (χ1v) is 8.27. The van der Waals surface area contributed by atoms with Crippen LogP contribution in [0.3, 0.4) is 0 Å². The Kier molecular flexibility index (Phi) is 4.62. The molecule has 0 aromatic carbocycles. The highest BCUT2D eigenvalue weighted by atomic mass is 32.1. The molecule has 3 heterocycles. The molecule has 1 aliphatic heterocycles. The van der Waals surface area contributed by atoms with Crippen molar-refractivity contribution in [3.63, 3.8) is 0 Å². The second-order valence-corrected chi connectivity index (χ2v) is 6.15. The molecule has 0 aliphatic carbocycles. The van der Waals surface area contributed by atoms with Crippen LogP contribution in [0, 0.1) is 12.8 Å². The molecule has 1 aliphatic rings. The smallest absolute Gasteiger partial charge is 0.273 e. The van der Waals surface area contributed by atoms with Crippen LogP contribution < -0.4 is 4.74 Å². The van der Waals surface area contributed by atoms with Crippen molar-refractivity contribution in [1.82, 2.24) is 20.1 Å². The van der Waals surface area contributed by atoms with Gasteiger partial charge in [0.15, 0.2) is 0 Å². The number of hydrogen-bond donors (Lipinski definition) is 0. The molecule has 1 amide bonds. The van der Waals surface area contributed by atoms with Gasteiger partial charge in [-0.15, -0.1) is 16.4 Å². The first-order chi connectivity index (χ1) is 10.7. The summed E-state index contributed by atoms with van der Waals surface area (Å²) in [7, 11) is 0. The number of carbonyl (C=O) groups is 1. The maximum absolute atomic E-state index is 12.2. The summed E-state index contributed by atoms with van der Waals surface area (Å²) in [6.45, 7) is 4.02. The average Bonchev–Trinajstić information content (AvgIpc) is 3.09. The molecule has 7 heteroatoms. The van der Waals surface area contributed by atoms with Crippen molar-refractivity contribution in [2.75, 3.05) is 19.7 Å². The Morgan fingerprint density at radius 1 is 1.36 bits per heavy atom. The third-order valence-corrected chi connectivity index (χ3v) is 4.38. The molecule has 1 fully saturated rings. The number of carbonyl (C=O) groups excluding carboxylic acids is 1. The summed E-state index contributed by atoms with van der Waals surface area (Å²) in [6.07, 6.45) is 1.88. The van der Waals surface area contributed by atoms with Gasteiger partial charge in [0.05, 0.1) is 17.8 Å². The van der Waals surface area contributed by atoms with Gasteiger partial charge in [0.1, 0.15) is 5.69 Å². The van der Waals surface area contributed by atoms with E-state index in [2.05, 4.69) is 15.2 Å². The maximum atomic E-state index is 12.2. The van der Waals surface area contributed by atoms with Crippen LogP contribution in [0.1, 0.15) is 29.0 Å². The van der Waals surface area contributed by atoms with E-state index < -0.39 is 0 Å². The Bertz CT molecular complexity index is 607. The molecule has 2 aromatic rings. The average molecular weight is 318 g/mol. The molecular weight excluding hydrogens is 300 g/mol. The third kappa shape index (κ3) is 3.59. The molecule has 2 aromatic heterocycles. The second-order valence-electron chi connectivity index (χ2n) is 5.43. The van der Waals surface area contributed by atoms with Crippen molar-refractivity contribution < 1.29 is 9.53 Å². The van der Waals surface area contributed by atoms with E-state index in [1.807, 2.05) is 24.0 Å². The van der Waals surface area contributed by atoms with Gasteiger partial charge in [-0.2, -0.15) is 5.10 Å². The molecule has 116 valence electrons. The van der Waals surface area contributed by atoms with E-state index in [-0.39, 0.29) is 5.91 Å². The van der Waals surface area contributed by atoms with Crippen LogP contribution in [-0.2, 0) is 0 Å². The number of aromatic nitrogens is 3. The Balaban J connectivity index is 1.45. The number of rotatable bonds is 4. The standard InChI is InChI=1S/C15H18N4O2S/c1-11-2-3-14(18-17-11)21-8-12-4-6-19(7-5-12)15(20)13-9-22-10-16-13/h2-3,9-10,12H,4-8H2,1H3. The lowest BCUT2D eigenvalue weighted by molar-refractivity contribution is 0.0654. The van der Waals surface area contributed by atoms with Crippen LogP contribution >= 0.6 is 11.3 Å². The van der Waals surface area contributed by atoms with Crippen molar-refractivity contribution in [3.8, 4) is 5.88 Å². The summed E-state index contributed by atoms with van der Waals surface area (Å²) in [5.74, 6) is 1.04. The van der Waals surface area contributed by atoms with Gasteiger partial charge in [-0.1, -0.05) is 0 Å². The Hall–Kier alpha value is -2.02. The van der Waals surface area contributed by atoms with Crippen LogP contribution in [0.2, 0.25) is 0 Å². The zero-order chi connectivity index (χ0) is 15.4.